The van der Waals surface area contributed by atoms with Gasteiger partial charge in [0.05, 0.1) is 19.0 Å². The Morgan fingerprint density at radius 1 is 1.28 bits per heavy atom. The number of rotatable bonds is 8. The van der Waals surface area contributed by atoms with E-state index in [4.69, 9.17) is 9.72 Å². The number of nitrogens with one attached hydrogen (secondary N) is 2. The molecular formula is C27H32N6O3. The minimum atomic E-state index is -0.162. The van der Waals surface area contributed by atoms with Gasteiger partial charge >= 0.3 is 0 Å². The zero-order valence-electron chi connectivity index (χ0n) is 21.0. The van der Waals surface area contributed by atoms with Crippen LogP contribution in [0.2, 0.25) is 0 Å². The molecule has 1 saturated carbocycles. The lowest BCUT2D eigenvalue weighted by Gasteiger charge is -2.24. The fraction of sp³-hybridized carbons (Fsp3) is 0.407. The zero-order chi connectivity index (χ0) is 25.2. The largest absolute Gasteiger partial charge is 0.495 e. The second-order valence-corrected chi connectivity index (χ2v) is 9.63. The summed E-state index contributed by atoms with van der Waals surface area (Å²) in [5.74, 6) is 2.57. The number of methoxy groups -OCH3 is 1. The number of fused-ring (bicyclic) bond motifs is 1. The van der Waals surface area contributed by atoms with E-state index in [1.54, 1.807) is 43.5 Å². The van der Waals surface area contributed by atoms with Gasteiger partial charge in [-0.1, -0.05) is 25.2 Å². The number of aromatic nitrogens is 2. The Kier molecular flexibility index (Phi) is 6.63. The molecule has 1 aromatic heterocycles. The molecule has 0 radical (unpaired) electrons. The molecule has 1 aromatic carbocycles. The Bertz CT molecular complexity index is 1240. The summed E-state index contributed by atoms with van der Waals surface area (Å²) in [5, 5.41) is 6.21. The van der Waals surface area contributed by atoms with Gasteiger partial charge in [-0.3, -0.25) is 9.59 Å². The summed E-state index contributed by atoms with van der Waals surface area (Å²) in [6, 6.07) is 5.25. The number of hydrogen-bond donors (Lipinski definition) is 2. The highest BCUT2D eigenvalue weighted by atomic mass is 16.5. The number of nitrogens with zero attached hydrogens (tertiary/aromatic N) is 4. The topological polar surface area (TPSA) is 99.7 Å². The summed E-state index contributed by atoms with van der Waals surface area (Å²) in [6.45, 7) is 4.15. The van der Waals surface area contributed by atoms with E-state index >= 15 is 0 Å². The van der Waals surface area contributed by atoms with Gasteiger partial charge in [-0.15, -0.1) is 0 Å². The van der Waals surface area contributed by atoms with Gasteiger partial charge in [0.2, 0.25) is 11.9 Å². The van der Waals surface area contributed by atoms with Crippen molar-refractivity contribution in [2.45, 2.75) is 26.2 Å². The maximum atomic E-state index is 12.7. The van der Waals surface area contributed by atoms with Crippen molar-refractivity contribution in [3.05, 3.63) is 53.8 Å². The van der Waals surface area contributed by atoms with Crippen LogP contribution < -0.4 is 25.2 Å². The average molecular weight is 489 g/mol. The quantitative estimate of drug-likeness (QED) is 0.585. The minimum absolute atomic E-state index is 0.0596. The van der Waals surface area contributed by atoms with Crippen molar-refractivity contribution in [3.8, 4) is 5.75 Å². The number of carbonyl (C=O) groups is 2. The molecule has 0 saturated heterocycles. The molecule has 9 nitrogen and oxygen atoms in total. The summed E-state index contributed by atoms with van der Waals surface area (Å²) in [4.78, 5) is 38.3. The molecule has 5 rings (SSSR count). The normalized spacial score (nSPS) is 19.0. The van der Waals surface area contributed by atoms with Crippen LogP contribution in [0.4, 0.5) is 23.1 Å². The Labute approximate surface area is 211 Å². The fourth-order valence-electron chi connectivity index (χ4n) is 4.51. The first-order valence-corrected chi connectivity index (χ1v) is 12.4. The van der Waals surface area contributed by atoms with E-state index in [1.165, 1.54) is 18.4 Å². The molecule has 0 spiro atoms. The Morgan fingerprint density at radius 2 is 2.11 bits per heavy atom. The summed E-state index contributed by atoms with van der Waals surface area (Å²) >= 11 is 0. The van der Waals surface area contributed by atoms with Crippen molar-refractivity contribution in [1.82, 2.24) is 15.3 Å². The van der Waals surface area contributed by atoms with Crippen molar-refractivity contribution < 1.29 is 14.3 Å². The molecule has 1 unspecified atom stereocenters. The Balaban J connectivity index is 1.34. The van der Waals surface area contributed by atoms with Crippen molar-refractivity contribution in [1.29, 1.82) is 0 Å². The van der Waals surface area contributed by atoms with Crippen molar-refractivity contribution in [2.75, 3.05) is 48.9 Å². The molecule has 9 heteroatoms. The lowest BCUT2D eigenvalue weighted by atomic mass is 10.1. The molecule has 1 aliphatic heterocycles. The first kappa shape index (κ1) is 23.8. The smallest absolute Gasteiger partial charge is 0.251 e. The maximum Gasteiger partial charge on any atom is 0.251 e. The van der Waals surface area contributed by atoms with E-state index in [-0.39, 0.29) is 11.8 Å². The van der Waals surface area contributed by atoms with Crippen molar-refractivity contribution in [2.24, 2.45) is 11.8 Å². The van der Waals surface area contributed by atoms with Crippen LogP contribution in [0.5, 0.6) is 5.75 Å². The fourth-order valence-corrected chi connectivity index (χ4v) is 4.51. The van der Waals surface area contributed by atoms with E-state index in [0.29, 0.717) is 60.0 Å². The number of benzene rings is 1. The molecule has 36 heavy (non-hydrogen) atoms. The number of anilines is 4. The van der Waals surface area contributed by atoms with Crippen LogP contribution in [-0.2, 0) is 4.79 Å². The van der Waals surface area contributed by atoms with E-state index in [2.05, 4.69) is 33.5 Å². The first-order chi connectivity index (χ1) is 17.4. The molecule has 2 aromatic rings. The number of ether oxygens (including phenoxy) is 1. The SMILES string of the molecule is COc1cc(C(=O)NCC2=CC=CC2C)ccc1Nc1ncc2c(n1)N(CC1CC1)CCC(=O)N2C. The van der Waals surface area contributed by atoms with Gasteiger partial charge < -0.3 is 25.2 Å². The molecular weight excluding hydrogens is 456 g/mol. The molecule has 3 aliphatic rings. The molecule has 1 fully saturated rings. The third-order valence-corrected chi connectivity index (χ3v) is 7.01. The average Bonchev–Trinajstić information content (AvgIpc) is 3.64. The maximum absolute atomic E-state index is 12.7. The van der Waals surface area contributed by atoms with Crippen LogP contribution in [0.25, 0.3) is 0 Å². The zero-order valence-corrected chi connectivity index (χ0v) is 21.0. The van der Waals surface area contributed by atoms with Crippen LogP contribution >= 0.6 is 0 Å². The van der Waals surface area contributed by atoms with Gasteiger partial charge in [-0.2, -0.15) is 4.98 Å². The predicted molar refractivity (Wildman–Crippen MR) is 140 cm³/mol. The van der Waals surface area contributed by atoms with Crippen molar-refractivity contribution >= 4 is 35.0 Å². The molecule has 188 valence electrons. The van der Waals surface area contributed by atoms with Crippen LogP contribution in [0.15, 0.2) is 48.2 Å². The van der Waals surface area contributed by atoms with Crippen LogP contribution in [0, 0.1) is 11.8 Å². The van der Waals surface area contributed by atoms with E-state index < -0.39 is 0 Å². The van der Waals surface area contributed by atoms with Gasteiger partial charge in [0.25, 0.3) is 5.91 Å². The van der Waals surface area contributed by atoms with E-state index in [9.17, 15) is 9.59 Å². The summed E-state index contributed by atoms with van der Waals surface area (Å²) < 4.78 is 5.57. The highest BCUT2D eigenvalue weighted by molar-refractivity contribution is 5.97. The van der Waals surface area contributed by atoms with Crippen molar-refractivity contribution in [3.63, 3.8) is 0 Å². The third kappa shape index (κ3) is 5.05. The van der Waals surface area contributed by atoms with E-state index in [0.717, 1.165) is 12.4 Å². The Hall–Kier alpha value is -3.88. The highest BCUT2D eigenvalue weighted by Gasteiger charge is 2.31. The van der Waals surface area contributed by atoms with Crippen LogP contribution in [0.3, 0.4) is 0 Å². The molecule has 2 heterocycles. The second kappa shape index (κ2) is 10.0. The molecule has 2 amide bonds. The third-order valence-electron chi connectivity index (χ3n) is 7.01. The van der Waals surface area contributed by atoms with Gasteiger partial charge in [0.1, 0.15) is 11.4 Å². The summed E-state index contributed by atoms with van der Waals surface area (Å²) in [7, 11) is 3.33. The molecule has 2 aliphatic carbocycles. The number of hydrogen-bond acceptors (Lipinski definition) is 7. The van der Waals surface area contributed by atoms with Crippen LogP contribution in [0.1, 0.15) is 36.5 Å². The first-order valence-electron chi connectivity index (χ1n) is 12.4. The monoisotopic (exact) mass is 488 g/mol. The lowest BCUT2D eigenvalue weighted by Crippen LogP contribution is -2.28. The number of allylic oxidation sites excluding steroid dienone is 3. The number of amides is 2. The van der Waals surface area contributed by atoms with E-state index in [1.807, 2.05) is 12.2 Å². The molecule has 0 bridgehead atoms. The van der Waals surface area contributed by atoms with Gasteiger partial charge in [-0.05, 0) is 48.4 Å². The van der Waals surface area contributed by atoms with Gasteiger partial charge in [-0.25, -0.2) is 4.98 Å². The number of carbonyl (C=O) groups excluding carboxylic acids is 2. The molecule has 1 atom stereocenters. The summed E-state index contributed by atoms with van der Waals surface area (Å²) in [5.41, 5.74) is 3.05. The van der Waals surface area contributed by atoms with Gasteiger partial charge in [0, 0.05) is 38.7 Å². The standard InChI is InChI=1S/C27H32N6O3/c1-17-5-4-6-20(17)14-28-26(35)19-9-10-21(23(13-19)36-3)30-27-29-15-22-25(31-27)33(16-18-7-8-18)12-11-24(34)32(22)2/h4-6,9-10,13,15,17-18H,7-8,11-12,14,16H2,1-3H3,(H,28,35)(H,29,30,31). The molecule has 2 N–H and O–H groups in total. The lowest BCUT2D eigenvalue weighted by molar-refractivity contribution is -0.118. The summed E-state index contributed by atoms with van der Waals surface area (Å²) in [6.07, 6.45) is 10.7. The predicted octanol–water partition coefficient (Wildman–Crippen LogP) is 3.67. The Morgan fingerprint density at radius 3 is 2.83 bits per heavy atom. The second-order valence-electron chi connectivity index (χ2n) is 9.63. The van der Waals surface area contributed by atoms with Gasteiger partial charge in [0.15, 0.2) is 5.82 Å². The van der Waals surface area contributed by atoms with Crippen LogP contribution in [-0.4, -0.2) is 55.6 Å². The minimum Gasteiger partial charge on any atom is -0.495 e. The highest BCUT2D eigenvalue weighted by Crippen LogP contribution is 2.36.